The van der Waals surface area contributed by atoms with Crippen LogP contribution in [-0.2, 0) is 16.0 Å². The van der Waals surface area contributed by atoms with Crippen LogP contribution in [-0.4, -0.2) is 55.2 Å². The van der Waals surface area contributed by atoms with Crippen LogP contribution in [0.4, 0.5) is 15.8 Å². The summed E-state index contributed by atoms with van der Waals surface area (Å²) in [5.74, 6) is 4.92. The van der Waals surface area contributed by atoms with Gasteiger partial charge in [-0.15, -0.1) is 0 Å². The number of aromatic nitrogens is 2. The molecule has 1 atom stereocenters. The zero-order valence-corrected chi connectivity index (χ0v) is 20.4. The van der Waals surface area contributed by atoms with Crippen LogP contribution >= 0.6 is 0 Å². The normalized spacial score (nSPS) is 12.9. The molecule has 1 aliphatic heterocycles. The van der Waals surface area contributed by atoms with Gasteiger partial charge >= 0.3 is 0 Å². The number of halogens is 1. The van der Waals surface area contributed by atoms with Crippen LogP contribution in [0, 0.1) is 17.7 Å². The summed E-state index contributed by atoms with van der Waals surface area (Å²) in [7, 11) is 2.89. The molecule has 1 aliphatic rings. The topological polar surface area (TPSA) is 117 Å². The predicted molar refractivity (Wildman–Crippen MR) is 137 cm³/mol. The standard InChI is InChI=1S/C27H26FN5O4/c1-4-22(34)31-17(15-36-2)9-8-16-14-29-12-10-18(16)24-25(23-20(32-24)11-13-30-27(23)35)33-21-7-5-6-19(28)26(21)37-3/h4-7,10,12,14,17,32-33H,1,11,13,15H2,2-3H3,(H,30,35)(H,31,34)/t17-/m1/s1. The molecule has 0 saturated heterocycles. The van der Waals surface area contributed by atoms with Gasteiger partial charge in [-0.2, -0.15) is 0 Å². The Kier molecular flexibility index (Phi) is 7.86. The Morgan fingerprint density at radius 3 is 2.95 bits per heavy atom. The van der Waals surface area contributed by atoms with Gasteiger partial charge in [0, 0.05) is 43.7 Å². The summed E-state index contributed by atoms with van der Waals surface area (Å²) in [5.41, 5.74) is 3.77. The van der Waals surface area contributed by atoms with Gasteiger partial charge in [0.15, 0.2) is 11.6 Å². The molecule has 1 aromatic carbocycles. The summed E-state index contributed by atoms with van der Waals surface area (Å²) in [6.45, 7) is 4.12. The number of ether oxygens (including phenoxy) is 2. The molecule has 2 amide bonds. The second-order valence-electron chi connectivity index (χ2n) is 8.09. The van der Waals surface area contributed by atoms with Gasteiger partial charge in [-0.25, -0.2) is 4.39 Å². The van der Waals surface area contributed by atoms with Gasteiger partial charge in [-0.1, -0.05) is 24.5 Å². The summed E-state index contributed by atoms with van der Waals surface area (Å²) < 4.78 is 24.8. The Bertz CT molecular complexity index is 1410. The van der Waals surface area contributed by atoms with Crippen LogP contribution in [0.25, 0.3) is 11.3 Å². The van der Waals surface area contributed by atoms with Gasteiger partial charge in [0.1, 0.15) is 6.04 Å². The van der Waals surface area contributed by atoms with Crippen LogP contribution in [0.5, 0.6) is 5.75 Å². The Labute approximate surface area is 213 Å². The van der Waals surface area contributed by atoms with Crippen molar-refractivity contribution in [3.05, 3.63) is 72.0 Å². The quantitative estimate of drug-likeness (QED) is 0.277. The summed E-state index contributed by atoms with van der Waals surface area (Å²) in [6.07, 6.45) is 4.95. The molecular weight excluding hydrogens is 477 g/mol. The molecule has 37 heavy (non-hydrogen) atoms. The lowest BCUT2D eigenvalue weighted by Crippen LogP contribution is -2.35. The van der Waals surface area contributed by atoms with E-state index in [-0.39, 0.29) is 24.2 Å². The zero-order chi connectivity index (χ0) is 26.4. The van der Waals surface area contributed by atoms with E-state index in [0.717, 1.165) is 11.8 Å². The minimum Gasteiger partial charge on any atom is -0.492 e. The maximum Gasteiger partial charge on any atom is 0.255 e. The van der Waals surface area contributed by atoms with Crippen LogP contribution in [0.3, 0.4) is 0 Å². The number of fused-ring (bicyclic) bond motifs is 1. The number of para-hydroxylation sites is 1. The highest BCUT2D eigenvalue weighted by Crippen LogP contribution is 2.40. The summed E-state index contributed by atoms with van der Waals surface area (Å²) in [4.78, 5) is 32.2. The average Bonchev–Trinajstić information content (AvgIpc) is 3.27. The van der Waals surface area contributed by atoms with E-state index >= 15 is 0 Å². The van der Waals surface area contributed by atoms with Crippen molar-refractivity contribution in [1.29, 1.82) is 0 Å². The monoisotopic (exact) mass is 503 g/mol. The molecule has 0 bridgehead atoms. The third kappa shape index (κ3) is 5.47. The number of hydrogen-bond acceptors (Lipinski definition) is 6. The minimum absolute atomic E-state index is 0.0229. The lowest BCUT2D eigenvalue weighted by molar-refractivity contribution is -0.117. The van der Waals surface area contributed by atoms with Gasteiger partial charge in [-0.3, -0.25) is 14.6 Å². The van der Waals surface area contributed by atoms with Crippen LogP contribution in [0.1, 0.15) is 21.6 Å². The minimum atomic E-state index is -0.583. The highest BCUT2D eigenvalue weighted by Gasteiger charge is 2.28. The highest BCUT2D eigenvalue weighted by molar-refractivity contribution is 6.06. The van der Waals surface area contributed by atoms with Crippen molar-refractivity contribution in [1.82, 2.24) is 20.6 Å². The van der Waals surface area contributed by atoms with Crippen molar-refractivity contribution < 1.29 is 23.5 Å². The number of methoxy groups -OCH3 is 2. The molecule has 190 valence electrons. The Morgan fingerprint density at radius 2 is 2.19 bits per heavy atom. The van der Waals surface area contributed by atoms with Crippen molar-refractivity contribution >= 4 is 23.2 Å². The Balaban J connectivity index is 1.83. The SMILES string of the molecule is C=CC(=O)N[C@H](C#Cc1cnccc1-c1[nH]c2c(c1Nc1cccc(F)c1OC)C(=O)NCC2)COC. The van der Waals surface area contributed by atoms with E-state index < -0.39 is 11.9 Å². The smallest absolute Gasteiger partial charge is 0.255 e. The highest BCUT2D eigenvalue weighted by atomic mass is 19.1. The molecule has 0 aliphatic carbocycles. The van der Waals surface area contributed by atoms with E-state index in [1.807, 2.05) is 0 Å². The first-order valence-electron chi connectivity index (χ1n) is 11.5. The molecule has 2 aromatic heterocycles. The number of aromatic amines is 1. The first-order chi connectivity index (χ1) is 18.0. The van der Waals surface area contributed by atoms with Crippen LogP contribution in [0.2, 0.25) is 0 Å². The van der Waals surface area contributed by atoms with Crippen LogP contribution in [0.15, 0.2) is 49.3 Å². The number of benzene rings is 1. The average molecular weight is 504 g/mol. The Hall–Kier alpha value is -4.62. The number of nitrogens with one attached hydrogen (secondary N) is 4. The fraction of sp³-hybridized carbons (Fsp3) is 0.222. The van der Waals surface area contributed by atoms with Crippen molar-refractivity contribution in [2.75, 3.05) is 32.7 Å². The van der Waals surface area contributed by atoms with E-state index in [2.05, 4.69) is 44.3 Å². The van der Waals surface area contributed by atoms with E-state index in [4.69, 9.17) is 9.47 Å². The second kappa shape index (κ2) is 11.4. The van der Waals surface area contributed by atoms with E-state index in [1.165, 1.54) is 20.3 Å². The first kappa shape index (κ1) is 25.5. The number of hydrogen-bond donors (Lipinski definition) is 4. The largest absolute Gasteiger partial charge is 0.492 e. The third-order valence-corrected chi connectivity index (χ3v) is 5.70. The molecular formula is C27H26FN5O4. The Morgan fingerprint density at radius 1 is 1.35 bits per heavy atom. The number of pyridine rings is 1. The number of carbonyl (C=O) groups excluding carboxylic acids is 2. The van der Waals surface area contributed by atoms with Crippen molar-refractivity contribution in [3.63, 3.8) is 0 Å². The van der Waals surface area contributed by atoms with E-state index in [1.54, 1.807) is 30.6 Å². The second-order valence-corrected chi connectivity index (χ2v) is 8.09. The van der Waals surface area contributed by atoms with Crippen molar-refractivity contribution in [2.24, 2.45) is 0 Å². The summed E-state index contributed by atoms with van der Waals surface area (Å²) in [6, 6.07) is 5.69. The number of H-pyrrole nitrogens is 1. The van der Waals surface area contributed by atoms with Gasteiger partial charge < -0.3 is 30.4 Å². The van der Waals surface area contributed by atoms with Gasteiger partial charge in [0.2, 0.25) is 5.91 Å². The molecule has 4 N–H and O–H groups in total. The number of rotatable bonds is 8. The fourth-order valence-electron chi connectivity index (χ4n) is 4.05. The van der Waals surface area contributed by atoms with E-state index in [9.17, 15) is 14.0 Å². The molecule has 4 rings (SSSR count). The fourth-order valence-corrected chi connectivity index (χ4v) is 4.05. The number of carbonyl (C=O) groups is 2. The van der Waals surface area contributed by atoms with Gasteiger partial charge in [-0.05, 0) is 24.3 Å². The van der Waals surface area contributed by atoms with Crippen molar-refractivity contribution in [3.8, 4) is 28.8 Å². The number of nitrogens with zero attached hydrogens (tertiary/aromatic N) is 1. The van der Waals surface area contributed by atoms with Gasteiger partial charge in [0.25, 0.3) is 5.91 Å². The molecule has 10 heteroatoms. The molecule has 3 heterocycles. The summed E-state index contributed by atoms with van der Waals surface area (Å²) >= 11 is 0. The predicted octanol–water partition coefficient (Wildman–Crippen LogP) is 2.92. The zero-order valence-electron chi connectivity index (χ0n) is 20.4. The molecule has 0 saturated carbocycles. The molecule has 0 spiro atoms. The molecule has 0 unspecified atom stereocenters. The first-order valence-corrected chi connectivity index (χ1v) is 11.5. The van der Waals surface area contributed by atoms with E-state index in [0.29, 0.717) is 46.7 Å². The molecule has 9 nitrogen and oxygen atoms in total. The number of amides is 2. The maximum atomic E-state index is 14.4. The van der Waals surface area contributed by atoms with Crippen molar-refractivity contribution in [2.45, 2.75) is 12.5 Å². The van der Waals surface area contributed by atoms with Crippen LogP contribution < -0.4 is 20.7 Å². The lowest BCUT2D eigenvalue weighted by Gasteiger charge is -2.17. The molecule has 3 aromatic rings. The lowest BCUT2D eigenvalue weighted by atomic mass is 10.0. The summed E-state index contributed by atoms with van der Waals surface area (Å²) in [5, 5.41) is 8.76. The third-order valence-electron chi connectivity index (χ3n) is 5.70. The maximum absolute atomic E-state index is 14.4. The molecule has 0 radical (unpaired) electrons. The van der Waals surface area contributed by atoms with Gasteiger partial charge in [0.05, 0.1) is 41.9 Å². The number of anilines is 2. The molecule has 0 fully saturated rings.